The number of hydrogen-bond acceptors (Lipinski definition) is 2. The highest BCUT2D eigenvalue weighted by Crippen LogP contribution is 2.52. The van der Waals surface area contributed by atoms with E-state index >= 15 is 0 Å². The summed E-state index contributed by atoms with van der Waals surface area (Å²) in [5.74, 6) is 2.08. The number of carboxylic acids is 2. The first kappa shape index (κ1) is 14.8. The van der Waals surface area contributed by atoms with E-state index in [1.807, 2.05) is 0 Å². The third-order valence-corrected chi connectivity index (χ3v) is 4.49. The van der Waals surface area contributed by atoms with Crippen molar-refractivity contribution in [1.29, 1.82) is 0 Å². The molecule has 0 aromatic heterocycles. The van der Waals surface area contributed by atoms with Crippen molar-refractivity contribution in [3.63, 3.8) is 0 Å². The van der Waals surface area contributed by atoms with Crippen molar-refractivity contribution < 1.29 is 19.8 Å². The van der Waals surface area contributed by atoms with Crippen molar-refractivity contribution in [3.8, 4) is 0 Å². The van der Waals surface area contributed by atoms with E-state index in [4.69, 9.17) is 10.2 Å². The van der Waals surface area contributed by atoms with E-state index < -0.39 is 11.9 Å². The second-order valence-corrected chi connectivity index (χ2v) is 5.85. The highest BCUT2D eigenvalue weighted by molar-refractivity contribution is 5.67. The Kier molecular flexibility index (Phi) is 4.99. The van der Waals surface area contributed by atoms with Gasteiger partial charge in [-0.05, 0) is 49.4 Å². The van der Waals surface area contributed by atoms with E-state index in [1.165, 1.54) is 12.8 Å². The molecule has 0 aliphatic heterocycles. The van der Waals surface area contributed by atoms with Crippen LogP contribution in [0, 0.1) is 23.7 Å². The molecule has 3 aliphatic carbocycles. The lowest BCUT2D eigenvalue weighted by Crippen LogP contribution is -2.12. The van der Waals surface area contributed by atoms with E-state index in [0.717, 1.165) is 23.7 Å². The first-order chi connectivity index (χ1) is 9.58. The summed E-state index contributed by atoms with van der Waals surface area (Å²) >= 11 is 0. The van der Waals surface area contributed by atoms with Crippen molar-refractivity contribution in [1.82, 2.24) is 0 Å². The predicted octanol–water partition coefficient (Wildman–Crippen LogP) is 3.10. The summed E-state index contributed by atoms with van der Waals surface area (Å²) in [4.78, 5) is 19.8. The van der Waals surface area contributed by atoms with Crippen LogP contribution in [0.4, 0.5) is 0 Å². The zero-order valence-electron chi connectivity index (χ0n) is 11.6. The van der Waals surface area contributed by atoms with Gasteiger partial charge >= 0.3 is 11.9 Å². The van der Waals surface area contributed by atoms with Gasteiger partial charge in [0.2, 0.25) is 0 Å². The Morgan fingerprint density at radius 2 is 1.55 bits per heavy atom. The third kappa shape index (κ3) is 3.71. The molecule has 4 heteroatoms. The zero-order chi connectivity index (χ0) is 14.5. The average molecular weight is 278 g/mol. The van der Waals surface area contributed by atoms with E-state index in [0.29, 0.717) is 12.8 Å². The number of hydrogen-bond donors (Lipinski definition) is 2. The molecule has 110 valence electrons. The molecule has 0 saturated heterocycles. The number of aliphatic carboxylic acids is 2. The topological polar surface area (TPSA) is 74.6 Å². The molecule has 0 aromatic rings. The van der Waals surface area contributed by atoms with Gasteiger partial charge in [-0.25, -0.2) is 0 Å². The molecule has 4 unspecified atom stereocenters. The maximum atomic E-state index is 9.90. The molecule has 3 rings (SSSR count). The monoisotopic (exact) mass is 278 g/mol. The molecule has 2 bridgehead atoms. The molecule has 20 heavy (non-hydrogen) atoms. The highest BCUT2D eigenvalue weighted by atomic mass is 16.4. The summed E-state index contributed by atoms with van der Waals surface area (Å²) < 4.78 is 0. The SMILES string of the molecule is C1=CC2C3C=CC(C3)C2C1.O=C(O)CCCCC(=O)O. The van der Waals surface area contributed by atoms with Gasteiger partial charge in [-0.15, -0.1) is 0 Å². The van der Waals surface area contributed by atoms with Crippen LogP contribution in [0.3, 0.4) is 0 Å². The third-order valence-electron chi connectivity index (χ3n) is 4.49. The number of carboxylic acid groups (broad SMARTS) is 2. The first-order valence-electron chi connectivity index (χ1n) is 7.36. The van der Waals surface area contributed by atoms with Gasteiger partial charge in [0.25, 0.3) is 0 Å². The van der Waals surface area contributed by atoms with Crippen molar-refractivity contribution in [2.75, 3.05) is 0 Å². The lowest BCUT2D eigenvalue weighted by Gasteiger charge is -2.18. The minimum atomic E-state index is -0.870. The molecule has 0 spiro atoms. The molecule has 0 radical (unpaired) electrons. The van der Waals surface area contributed by atoms with Crippen LogP contribution in [0.5, 0.6) is 0 Å². The van der Waals surface area contributed by atoms with Crippen LogP contribution in [0.1, 0.15) is 38.5 Å². The molecule has 2 N–H and O–H groups in total. The molecule has 0 amide bonds. The van der Waals surface area contributed by atoms with Crippen LogP contribution in [-0.4, -0.2) is 22.2 Å². The van der Waals surface area contributed by atoms with Gasteiger partial charge in [-0.1, -0.05) is 24.3 Å². The zero-order valence-corrected chi connectivity index (χ0v) is 11.6. The van der Waals surface area contributed by atoms with Crippen molar-refractivity contribution >= 4 is 11.9 Å². The van der Waals surface area contributed by atoms with Crippen molar-refractivity contribution in [3.05, 3.63) is 24.3 Å². The van der Waals surface area contributed by atoms with Gasteiger partial charge in [0.05, 0.1) is 0 Å². The summed E-state index contributed by atoms with van der Waals surface area (Å²) in [6.07, 6.45) is 13.5. The molecule has 0 aromatic carbocycles. The molecule has 4 nitrogen and oxygen atoms in total. The first-order valence-corrected chi connectivity index (χ1v) is 7.36. The number of rotatable bonds is 5. The Labute approximate surface area is 119 Å². The summed E-state index contributed by atoms with van der Waals surface area (Å²) in [5.41, 5.74) is 0. The predicted molar refractivity (Wildman–Crippen MR) is 75.2 cm³/mol. The van der Waals surface area contributed by atoms with Crippen LogP contribution in [0.15, 0.2) is 24.3 Å². The van der Waals surface area contributed by atoms with Gasteiger partial charge in [-0.3, -0.25) is 9.59 Å². The lowest BCUT2D eigenvalue weighted by atomic mass is 9.86. The molecular formula is C16H22O4. The van der Waals surface area contributed by atoms with Gasteiger partial charge in [0.1, 0.15) is 0 Å². The summed E-state index contributed by atoms with van der Waals surface area (Å²) in [5, 5.41) is 16.3. The maximum Gasteiger partial charge on any atom is 0.303 e. The van der Waals surface area contributed by atoms with Gasteiger partial charge < -0.3 is 10.2 Å². The molecule has 1 fully saturated rings. The Bertz CT molecular complexity index is 408. The molecule has 4 atom stereocenters. The average Bonchev–Trinajstić information content (AvgIpc) is 3.06. The van der Waals surface area contributed by atoms with Crippen LogP contribution in [-0.2, 0) is 9.59 Å². The normalized spacial score (nSPS) is 31.8. The highest BCUT2D eigenvalue weighted by Gasteiger charge is 2.44. The molecule has 3 aliphatic rings. The van der Waals surface area contributed by atoms with Crippen LogP contribution in [0.25, 0.3) is 0 Å². The van der Waals surface area contributed by atoms with Crippen LogP contribution < -0.4 is 0 Å². The number of unbranched alkanes of at least 4 members (excludes halogenated alkanes) is 1. The summed E-state index contributed by atoms with van der Waals surface area (Å²) in [6, 6.07) is 0. The number of fused-ring (bicyclic) bond motifs is 5. The minimum absolute atomic E-state index is 0.0628. The standard InChI is InChI=1S/C10H12.C6H10O4/c1-2-9-7-4-5-8(6-7)10(9)3-1;7-5(8)3-1-2-4-6(9)10/h1-2,4-5,7-10H,3,6H2;1-4H2,(H,7,8)(H,9,10). The van der Waals surface area contributed by atoms with Gasteiger partial charge in [-0.2, -0.15) is 0 Å². The lowest BCUT2D eigenvalue weighted by molar-refractivity contribution is -0.139. The summed E-state index contributed by atoms with van der Waals surface area (Å²) in [7, 11) is 0. The molecule has 1 saturated carbocycles. The molecular weight excluding hydrogens is 256 g/mol. The fourth-order valence-electron chi connectivity index (χ4n) is 3.53. The minimum Gasteiger partial charge on any atom is -0.481 e. The Morgan fingerprint density at radius 1 is 0.950 bits per heavy atom. The van der Waals surface area contributed by atoms with Gasteiger partial charge in [0, 0.05) is 12.8 Å². The Balaban J connectivity index is 0.000000147. The van der Waals surface area contributed by atoms with Crippen LogP contribution in [0.2, 0.25) is 0 Å². The van der Waals surface area contributed by atoms with Crippen LogP contribution >= 0.6 is 0 Å². The Morgan fingerprint density at radius 3 is 2.10 bits per heavy atom. The van der Waals surface area contributed by atoms with Crippen molar-refractivity contribution in [2.24, 2.45) is 23.7 Å². The number of carbonyl (C=O) groups is 2. The smallest absolute Gasteiger partial charge is 0.303 e. The van der Waals surface area contributed by atoms with E-state index in [1.54, 1.807) is 0 Å². The van der Waals surface area contributed by atoms with E-state index in [2.05, 4.69) is 24.3 Å². The quantitative estimate of drug-likeness (QED) is 0.598. The van der Waals surface area contributed by atoms with Crippen molar-refractivity contribution in [2.45, 2.75) is 38.5 Å². The fraction of sp³-hybridized carbons (Fsp3) is 0.625. The maximum absolute atomic E-state index is 9.90. The fourth-order valence-corrected chi connectivity index (χ4v) is 3.53. The van der Waals surface area contributed by atoms with Gasteiger partial charge in [0.15, 0.2) is 0 Å². The second-order valence-electron chi connectivity index (χ2n) is 5.85. The van der Waals surface area contributed by atoms with E-state index in [9.17, 15) is 9.59 Å². The molecule has 0 heterocycles. The summed E-state index contributed by atoms with van der Waals surface area (Å²) in [6.45, 7) is 0. The Hall–Kier alpha value is -1.58. The van der Waals surface area contributed by atoms with E-state index in [-0.39, 0.29) is 12.8 Å². The number of allylic oxidation sites excluding steroid dienone is 4. The second kappa shape index (κ2) is 6.73. The largest absolute Gasteiger partial charge is 0.481 e.